The zero-order chi connectivity index (χ0) is 26.8. The van der Waals surface area contributed by atoms with Crippen molar-refractivity contribution in [2.45, 2.75) is 64.5 Å². The van der Waals surface area contributed by atoms with E-state index in [1.807, 2.05) is 22.4 Å². The van der Waals surface area contributed by atoms with E-state index < -0.39 is 8.32 Å². The van der Waals surface area contributed by atoms with Crippen LogP contribution in [0, 0.1) is 11.3 Å². The third-order valence-electron chi connectivity index (χ3n) is 6.99. The van der Waals surface area contributed by atoms with Gasteiger partial charge in [0.25, 0.3) is 5.88 Å². The van der Waals surface area contributed by atoms with Crippen molar-refractivity contribution in [2.75, 3.05) is 38.9 Å². The maximum Gasteiger partial charge on any atom is 0.257 e. The molecule has 1 fully saturated rings. The molecule has 0 aromatic carbocycles. The summed E-state index contributed by atoms with van der Waals surface area (Å²) in [5.41, 5.74) is 1.82. The predicted molar refractivity (Wildman–Crippen MR) is 143 cm³/mol. The number of nitrogens with one attached hydrogen (secondary N) is 1. The molecule has 1 atom stereocenters. The summed E-state index contributed by atoms with van der Waals surface area (Å²) in [4.78, 5) is 9.19. The van der Waals surface area contributed by atoms with E-state index in [2.05, 4.69) is 55.3 Å². The summed E-state index contributed by atoms with van der Waals surface area (Å²) in [7, 11) is -0.217. The highest BCUT2D eigenvalue weighted by molar-refractivity contribution is 6.74. The van der Waals surface area contributed by atoms with Gasteiger partial charge in [-0.25, -0.2) is 4.98 Å². The van der Waals surface area contributed by atoms with Gasteiger partial charge in [0.1, 0.15) is 29.2 Å². The first-order valence-electron chi connectivity index (χ1n) is 12.5. The van der Waals surface area contributed by atoms with Gasteiger partial charge in [-0.1, -0.05) is 20.8 Å². The number of nitrogens with zero attached hydrogens (tertiary/aromatic N) is 6. The summed E-state index contributed by atoms with van der Waals surface area (Å²) < 4.78 is 26.7. The van der Waals surface area contributed by atoms with Gasteiger partial charge in [-0.3, -0.25) is 4.68 Å². The van der Waals surface area contributed by atoms with Crippen LogP contribution in [0.5, 0.6) is 5.88 Å². The van der Waals surface area contributed by atoms with Gasteiger partial charge in [0, 0.05) is 18.7 Å². The fraction of sp³-hybridized carbons (Fsp3) is 0.600. The van der Waals surface area contributed by atoms with E-state index in [9.17, 15) is 5.26 Å². The van der Waals surface area contributed by atoms with Crippen molar-refractivity contribution >= 4 is 31.0 Å². The molecule has 1 aliphatic heterocycles. The Bertz CT molecular complexity index is 1270. The Morgan fingerprint density at radius 3 is 2.70 bits per heavy atom. The first-order chi connectivity index (χ1) is 17.5. The lowest BCUT2D eigenvalue weighted by atomic mass is 10.2. The minimum absolute atomic E-state index is 0.0407. The van der Waals surface area contributed by atoms with Crippen LogP contribution >= 0.6 is 0 Å². The minimum atomic E-state index is -1.86. The van der Waals surface area contributed by atoms with Gasteiger partial charge in [0.2, 0.25) is 5.95 Å². The maximum absolute atomic E-state index is 9.64. The molecule has 0 spiro atoms. The topological polar surface area (TPSA) is 121 Å². The zero-order valence-electron chi connectivity index (χ0n) is 22.7. The van der Waals surface area contributed by atoms with Crippen LogP contribution in [0.1, 0.15) is 39.4 Å². The number of hydrogen-bond acceptors (Lipinski definition) is 9. The van der Waals surface area contributed by atoms with Crippen molar-refractivity contribution in [1.29, 1.82) is 5.26 Å². The first-order valence-corrected chi connectivity index (χ1v) is 15.4. The Labute approximate surface area is 218 Å². The summed E-state index contributed by atoms with van der Waals surface area (Å²) in [6.45, 7) is 15.8. The van der Waals surface area contributed by atoms with E-state index in [1.165, 1.54) is 0 Å². The molecule has 0 amide bonds. The molecule has 4 rings (SSSR count). The van der Waals surface area contributed by atoms with Crippen molar-refractivity contribution in [3.8, 4) is 11.9 Å². The fourth-order valence-electron chi connectivity index (χ4n) is 3.78. The molecular weight excluding hydrogens is 490 g/mol. The predicted octanol–water partition coefficient (Wildman–Crippen LogP) is 4.25. The summed E-state index contributed by atoms with van der Waals surface area (Å²) in [5.74, 6) is 0.845. The van der Waals surface area contributed by atoms with Crippen molar-refractivity contribution in [3.05, 3.63) is 24.2 Å². The van der Waals surface area contributed by atoms with Gasteiger partial charge < -0.3 is 28.5 Å². The van der Waals surface area contributed by atoms with Crippen molar-refractivity contribution in [3.63, 3.8) is 0 Å². The quantitative estimate of drug-likeness (QED) is 0.365. The molecule has 37 heavy (non-hydrogen) atoms. The molecule has 0 radical (unpaired) electrons. The van der Waals surface area contributed by atoms with Crippen molar-refractivity contribution in [2.24, 2.45) is 0 Å². The van der Waals surface area contributed by atoms with Gasteiger partial charge in [-0.15, -0.1) is 5.10 Å². The molecule has 0 bridgehead atoms. The third kappa shape index (κ3) is 5.96. The number of fused-ring (bicyclic) bond motifs is 1. The van der Waals surface area contributed by atoms with Crippen molar-refractivity contribution in [1.82, 2.24) is 24.3 Å². The van der Waals surface area contributed by atoms with Crippen LogP contribution in [0.25, 0.3) is 11.0 Å². The zero-order valence-corrected chi connectivity index (χ0v) is 23.7. The molecule has 4 heterocycles. The number of methoxy groups -OCH3 is 1. The molecule has 0 aliphatic carbocycles. The van der Waals surface area contributed by atoms with Gasteiger partial charge in [0.15, 0.2) is 8.32 Å². The van der Waals surface area contributed by atoms with E-state index in [0.717, 1.165) is 5.39 Å². The number of aromatic nitrogens is 5. The summed E-state index contributed by atoms with van der Waals surface area (Å²) in [6, 6.07) is 3.96. The Morgan fingerprint density at radius 1 is 1.32 bits per heavy atom. The largest absolute Gasteiger partial charge is 0.467 e. The second-order valence-electron chi connectivity index (χ2n) is 10.9. The van der Waals surface area contributed by atoms with E-state index >= 15 is 0 Å². The number of hydrogen-bond donors (Lipinski definition) is 1. The number of ether oxygens (including phenoxy) is 3. The van der Waals surface area contributed by atoms with E-state index in [1.54, 1.807) is 19.4 Å². The first kappa shape index (κ1) is 27.1. The van der Waals surface area contributed by atoms with Crippen LogP contribution in [-0.4, -0.2) is 72.3 Å². The number of nitriles is 1. The highest BCUT2D eigenvalue weighted by Gasteiger charge is 2.37. The standard InChI is InChI=1S/C25H37N7O4Si/c1-17(14-33-5)32-19(11-26)10-18-12-27-24(29-22(18)32)28-21-13-31(30-23(21)36-20-15-34-16-20)8-9-35-37(6,7)25(2,3)4/h10,12-13,17,20H,8-9,14-16H2,1-7H3,(H,27,28,29)/t17-/m0/s1. The van der Waals surface area contributed by atoms with Crippen LogP contribution in [-0.2, 0) is 20.4 Å². The lowest BCUT2D eigenvalue weighted by molar-refractivity contribution is -0.0812. The highest BCUT2D eigenvalue weighted by atomic mass is 28.4. The van der Waals surface area contributed by atoms with Crippen LogP contribution < -0.4 is 10.1 Å². The number of rotatable bonds is 11. The molecule has 3 aromatic heterocycles. The van der Waals surface area contributed by atoms with Crippen LogP contribution in [0.2, 0.25) is 18.1 Å². The van der Waals surface area contributed by atoms with Gasteiger partial charge in [-0.05, 0) is 31.1 Å². The molecular formula is C25H37N7O4Si. The van der Waals surface area contributed by atoms with Crippen LogP contribution in [0.15, 0.2) is 18.5 Å². The average Bonchev–Trinajstić information content (AvgIpc) is 3.35. The Morgan fingerprint density at radius 2 is 2.08 bits per heavy atom. The molecule has 12 heteroatoms. The Balaban J connectivity index is 1.57. The smallest absolute Gasteiger partial charge is 0.257 e. The number of anilines is 2. The third-order valence-corrected chi connectivity index (χ3v) is 11.5. The molecule has 0 saturated carbocycles. The van der Waals surface area contributed by atoms with Crippen molar-refractivity contribution < 1.29 is 18.6 Å². The SMILES string of the molecule is COC[C@H](C)n1c(C#N)cc2cnc(Nc3cn(CCO[Si](C)(C)C(C)(C)C)nc3OC3COC3)nc21. The van der Waals surface area contributed by atoms with Crippen LogP contribution in [0.4, 0.5) is 11.6 Å². The molecule has 1 N–H and O–H groups in total. The maximum atomic E-state index is 9.64. The second kappa shape index (κ2) is 10.8. The van der Waals surface area contributed by atoms with Crippen LogP contribution in [0.3, 0.4) is 0 Å². The van der Waals surface area contributed by atoms with Gasteiger partial charge >= 0.3 is 0 Å². The summed E-state index contributed by atoms with van der Waals surface area (Å²) >= 11 is 0. The second-order valence-corrected chi connectivity index (χ2v) is 15.7. The molecule has 0 unspecified atom stereocenters. The minimum Gasteiger partial charge on any atom is -0.467 e. The molecule has 3 aromatic rings. The lowest BCUT2D eigenvalue weighted by Crippen LogP contribution is -2.41. The lowest BCUT2D eigenvalue weighted by Gasteiger charge is -2.36. The van der Waals surface area contributed by atoms with E-state index in [0.29, 0.717) is 61.8 Å². The van der Waals surface area contributed by atoms with Gasteiger partial charge in [0.05, 0.1) is 45.2 Å². The molecule has 1 saturated heterocycles. The van der Waals surface area contributed by atoms with E-state index in [4.69, 9.17) is 23.6 Å². The average molecular weight is 528 g/mol. The summed E-state index contributed by atoms with van der Waals surface area (Å²) in [6.07, 6.45) is 3.55. The molecule has 1 aliphatic rings. The van der Waals surface area contributed by atoms with Gasteiger partial charge in [-0.2, -0.15) is 10.2 Å². The Kier molecular flexibility index (Phi) is 7.89. The monoisotopic (exact) mass is 527 g/mol. The van der Waals surface area contributed by atoms with E-state index in [-0.39, 0.29) is 17.2 Å². The molecule has 11 nitrogen and oxygen atoms in total. The highest BCUT2D eigenvalue weighted by Crippen LogP contribution is 2.36. The Hall–Kier alpha value is -2.98. The normalized spacial score (nSPS) is 15.4. The summed E-state index contributed by atoms with van der Waals surface area (Å²) in [5, 5.41) is 18.5. The molecule has 200 valence electrons. The fourth-order valence-corrected chi connectivity index (χ4v) is 4.81.